The molecule has 2 aliphatic carbocycles. The van der Waals surface area contributed by atoms with E-state index in [9.17, 15) is 0 Å². The molecule has 0 aromatic rings. The molecule has 0 aromatic heterocycles. The Labute approximate surface area is 134 Å². The van der Waals surface area contributed by atoms with E-state index in [1.54, 1.807) is 5.57 Å². The van der Waals surface area contributed by atoms with Gasteiger partial charge in [-0.15, -0.1) is 0 Å². The van der Waals surface area contributed by atoms with Gasteiger partial charge in [0.05, 0.1) is 0 Å². The summed E-state index contributed by atoms with van der Waals surface area (Å²) in [6.45, 7) is 2.30. The van der Waals surface area contributed by atoms with Gasteiger partial charge in [0.2, 0.25) is 0 Å². The van der Waals surface area contributed by atoms with E-state index in [0.717, 1.165) is 15.9 Å². The van der Waals surface area contributed by atoms with Crippen LogP contribution in [0.3, 0.4) is 0 Å². The minimum absolute atomic E-state index is 0.231. The molecule has 2 fully saturated rings. The molecule has 1 aliphatic heterocycles. The van der Waals surface area contributed by atoms with Crippen LogP contribution in [0.4, 0.5) is 0 Å². The van der Waals surface area contributed by atoms with Gasteiger partial charge in [0.1, 0.15) is 0 Å². The second-order valence-corrected chi connectivity index (χ2v) is 9.43. The third-order valence-electron chi connectivity index (χ3n) is 4.61. The van der Waals surface area contributed by atoms with E-state index in [-0.39, 0.29) is 21.2 Å². The second kappa shape index (κ2) is 6.83. The molecular weight excluding hydrogens is 357 g/mol. The molecule has 0 N–H and O–H groups in total. The Morgan fingerprint density at radius 2 is 2.15 bits per heavy atom. The van der Waals surface area contributed by atoms with Crippen molar-refractivity contribution in [2.45, 2.75) is 68.4 Å². The summed E-state index contributed by atoms with van der Waals surface area (Å²) in [6.07, 6.45) is 10.9. The Balaban J connectivity index is 1.54. The van der Waals surface area contributed by atoms with Crippen molar-refractivity contribution in [3.63, 3.8) is 0 Å². The zero-order chi connectivity index (χ0) is 13.9. The Hall–Kier alpha value is -0.0100. The van der Waals surface area contributed by atoms with Crippen LogP contribution in [0.25, 0.3) is 0 Å². The number of hydrogen-bond donors (Lipinski definition) is 0. The molecule has 0 radical (unpaired) electrons. The molecule has 0 spiro atoms. The molecule has 3 rings (SSSR count). The van der Waals surface area contributed by atoms with Crippen molar-refractivity contribution in [1.82, 2.24) is 4.90 Å². The van der Waals surface area contributed by atoms with Crippen molar-refractivity contribution in [1.29, 1.82) is 0 Å². The zero-order valence-corrected chi connectivity index (χ0v) is 15.0. The van der Waals surface area contributed by atoms with Gasteiger partial charge < -0.3 is 0 Å². The normalized spacial score (nSPS) is 27.6. The van der Waals surface area contributed by atoms with Crippen LogP contribution in [0.15, 0.2) is 9.66 Å². The predicted molar refractivity (Wildman–Crippen MR) is 80.8 cm³/mol. The average Bonchev–Trinajstić information content (AvgIpc) is 3.37. The number of halogens is 1. The SMILES string of the molecule is CCCCC1=C[I-]C(N(C)C(C#CC2CC2)C2CC2)C1. The molecule has 2 heteroatoms. The van der Waals surface area contributed by atoms with Gasteiger partial charge in [0, 0.05) is 0 Å². The molecule has 2 unspecified atom stereocenters. The maximum absolute atomic E-state index is 3.65. The molecule has 0 saturated heterocycles. The van der Waals surface area contributed by atoms with Crippen LogP contribution in [0, 0.1) is 23.7 Å². The first-order chi connectivity index (χ1) is 9.78. The summed E-state index contributed by atoms with van der Waals surface area (Å²) < 4.78 is 3.45. The number of unbranched alkanes of at least 4 members (excludes halogenated alkanes) is 1. The molecule has 1 heterocycles. The first-order valence-electron chi connectivity index (χ1n) is 8.30. The first-order valence-corrected chi connectivity index (χ1v) is 10.8. The molecule has 2 atom stereocenters. The Bertz CT molecular complexity index is 422. The quantitative estimate of drug-likeness (QED) is 0.286. The van der Waals surface area contributed by atoms with E-state index in [1.807, 2.05) is 0 Å². The summed E-state index contributed by atoms with van der Waals surface area (Å²) in [5.74, 6) is 8.82. The van der Waals surface area contributed by atoms with Crippen molar-refractivity contribution in [3.8, 4) is 11.8 Å². The summed E-state index contributed by atoms with van der Waals surface area (Å²) in [6, 6.07) is 0.569. The molecule has 112 valence electrons. The van der Waals surface area contributed by atoms with E-state index < -0.39 is 0 Å². The third-order valence-corrected chi connectivity index (χ3v) is 8.00. The summed E-state index contributed by atoms with van der Waals surface area (Å²) in [7, 11) is 2.35. The van der Waals surface area contributed by atoms with E-state index in [4.69, 9.17) is 0 Å². The van der Waals surface area contributed by atoms with Gasteiger partial charge in [0.15, 0.2) is 0 Å². The average molecular weight is 384 g/mol. The first kappa shape index (κ1) is 14.9. The fraction of sp³-hybridized carbons (Fsp3) is 0.778. The van der Waals surface area contributed by atoms with E-state index in [1.165, 1.54) is 51.4 Å². The van der Waals surface area contributed by atoms with Crippen molar-refractivity contribution >= 4 is 0 Å². The van der Waals surface area contributed by atoms with E-state index in [0.29, 0.717) is 6.04 Å². The molecule has 1 nitrogen and oxygen atoms in total. The van der Waals surface area contributed by atoms with Crippen LogP contribution in [0.2, 0.25) is 0 Å². The molecular formula is C18H27IN-. The standard InChI is InChI=1S/C18H27IN/c1-3-4-5-15-12-18(19-13-15)20(2)17(16-9-10-16)11-8-14-6-7-14/h13-14,16-18H,3-7,9-10,12H2,1-2H3/q-1. The van der Waals surface area contributed by atoms with Gasteiger partial charge in [-0.1, -0.05) is 0 Å². The monoisotopic (exact) mass is 384 g/mol. The summed E-state index contributed by atoms with van der Waals surface area (Å²) in [5, 5.41) is 0. The van der Waals surface area contributed by atoms with Gasteiger partial charge >= 0.3 is 135 Å². The maximum atomic E-state index is 3.65. The second-order valence-electron chi connectivity index (χ2n) is 6.65. The van der Waals surface area contributed by atoms with Gasteiger partial charge in [-0.3, -0.25) is 0 Å². The topological polar surface area (TPSA) is 3.24 Å². The minimum atomic E-state index is 0.231. The van der Waals surface area contributed by atoms with Crippen molar-refractivity contribution in [2.75, 3.05) is 7.05 Å². The molecule has 0 bridgehead atoms. The molecule has 0 aromatic carbocycles. The number of alkyl halides is 1. The van der Waals surface area contributed by atoms with Gasteiger partial charge in [-0.25, -0.2) is 0 Å². The van der Waals surface area contributed by atoms with Crippen LogP contribution in [-0.4, -0.2) is 22.0 Å². The summed E-state index contributed by atoms with van der Waals surface area (Å²) >= 11 is 0.231. The zero-order valence-electron chi connectivity index (χ0n) is 12.9. The molecule has 3 aliphatic rings. The van der Waals surface area contributed by atoms with Gasteiger partial charge in [-0.05, 0) is 0 Å². The van der Waals surface area contributed by atoms with Crippen LogP contribution in [-0.2, 0) is 0 Å². The summed E-state index contributed by atoms with van der Waals surface area (Å²) in [4.78, 5) is 2.66. The number of rotatable bonds is 6. The Kier molecular flexibility index (Phi) is 5.09. The molecule has 0 amide bonds. The van der Waals surface area contributed by atoms with Crippen molar-refractivity contribution in [3.05, 3.63) is 9.66 Å². The molecule has 2 saturated carbocycles. The fourth-order valence-corrected chi connectivity index (χ4v) is 5.99. The van der Waals surface area contributed by atoms with Gasteiger partial charge in [0.25, 0.3) is 0 Å². The van der Waals surface area contributed by atoms with Crippen molar-refractivity contribution < 1.29 is 21.2 Å². The summed E-state index contributed by atoms with van der Waals surface area (Å²) in [5.41, 5.74) is 1.75. The Morgan fingerprint density at radius 3 is 2.80 bits per heavy atom. The fourth-order valence-electron chi connectivity index (χ4n) is 2.83. The molecule has 20 heavy (non-hydrogen) atoms. The third kappa shape index (κ3) is 4.01. The van der Waals surface area contributed by atoms with E-state index >= 15 is 0 Å². The number of hydrogen-bond acceptors (Lipinski definition) is 1. The van der Waals surface area contributed by atoms with Crippen molar-refractivity contribution in [2.24, 2.45) is 11.8 Å². The van der Waals surface area contributed by atoms with E-state index in [2.05, 4.69) is 34.8 Å². The van der Waals surface area contributed by atoms with Gasteiger partial charge in [-0.2, -0.15) is 0 Å². The van der Waals surface area contributed by atoms with Crippen LogP contribution in [0.5, 0.6) is 0 Å². The number of nitrogens with zero attached hydrogens (tertiary/aromatic N) is 1. The Morgan fingerprint density at radius 1 is 1.35 bits per heavy atom. The van der Waals surface area contributed by atoms with Crippen LogP contribution in [0.1, 0.15) is 58.3 Å². The predicted octanol–water partition coefficient (Wildman–Crippen LogP) is 1.00. The van der Waals surface area contributed by atoms with Crippen LogP contribution >= 0.6 is 0 Å². The van der Waals surface area contributed by atoms with Crippen LogP contribution < -0.4 is 21.2 Å².